The summed E-state index contributed by atoms with van der Waals surface area (Å²) in [6, 6.07) is 24.3. The van der Waals surface area contributed by atoms with Crippen molar-refractivity contribution in [3.63, 3.8) is 0 Å². The molecule has 0 bridgehead atoms. The van der Waals surface area contributed by atoms with Gasteiger partial charge in [-0.3, -0.25) is 10.3 Å². The van der Waals surface area contributed by atoms with Crippen LogP contribution in [0.3, 0.4) is 0 Å². The normalized spacial score (nSPS) is 10.6. The molecule has 29 heavy (non-hydrogen) atoms. The molecule has 7 heteroatoms. The molecule has 0 saturated carbocycles. The Kier molecular flexibility index (Phi) is 5.68. The maximum atomic E-state index is 12.1. The highest BCUT2D eigenvalue weighted by Gasteiger charge is 2.09. The van der Waals surface area contributed by atoms with E-state index in [1.807, 2.05) is 72.8 Å². The van der Waals surface area contributed by atoms with Crippen LogP contribution in [0.5, 0.6) is 11.5 Å². The van der Waals surface area contributed by atoms with E-state index in [0.29, 0.717) is 17.2 Å². The molecular formula is C22H19N3O4. The third-order valence-electron chi connectivity index (χ3n) is 4.15. The molecule has 4 rings (SSSR count). The zero-order valence-electron chi connectivity index (χ0n) is 15.5. The summed E-state index contributed by atoms with van der Waals surface area (Å²) < 4.78 is 12.7. The number of fused-ring (bicyclic) bond motifs is 1. The van der Waals surface area contributed by atoms with Crippen LogP contribution < -0.4 is 10.2 Å². The van der Waals surface area contributed by atoms with Gasteiger partial charge in [0, 0.05) is 0 Å². The molecular weight excluding hydrogens is 370 g/mol. The number of nitrogens with one attached hydrogen (secondary N) is 1. The van der Waals surface area contributed by atoms with E-state index in [4.69, 9.17) is 14.3 Å². The van der Waals surface area contributed by atoms with Gasteiger partial charge in [-0.1, -0.05) is 42.5 Å². The summed E-state index contributed by atoms with van der Waals surface area (Å²) in [5, 5.41) is 0. The zero-order chi connectivity index (χ0) is 19.9. The lowest BCUT2D eigenvalue weighted by atomic mass is 10.3. The molecule has 0 unspecified atom stereocenters. The van der Waals surface area contributed by atoms with Crippen molar-refractivity contribution in [3.8, 4) is 11.5 Å². The lowest BCUT2D eigenvalue weighted by molar-refractivity contribution is -0.154. The molecule has 0 aliphatic rings. The number of benzene rings is 3. The fourth-order valence-electron chi connectivity index (χ4n) is 2.78. The van der Waals surface area contributed by atoms with Gasteiger partial charge >= 0.3 is 5.97 Å². The van der Waals surface area contributed by atoms with E-state index in [2.05, 4.69) is 10.5 Å². The Balaban J connectivity index is 1.28. The average Bonchev–Trinajstić information content (AvgIpc) is 3.16. The van der Waals surface area contributed by atoms with Crippen LogP contribution in [-0.4, -0.2) is 22.3 Å². The minimum Gasteiger partial charge on any atom is -0.455 e. The number of carbonyl (C=O) groups excluding carboxylic acids is 1. The first-order valence-corrected chi connectivity index (χ1v) is 9.05. The molecule has 0 atom stereocenters. The van der Waals surface area contributed by atoms with Crippen molar-refractivity contribution in [3.05, 3.63) is 85.2 Å². The standard InChI is InChI=1S/C22H19N3O4/c26-22(14-25-15-23-18-10-4-6-12-20(18)25)27-16-28-24-19-11-5-7-13-21(19)29-17-8-2-1-3-9-17/h1-13,15,24H,14,16H2. The largest absolute Gasteiger partial charge is 0.455 e. The second-order valence-electron chi connectivity index (χ2n) is 6.15. The Hall–Kier alpha value is -3.84. The number of rotatable bonds is 8. The highest BCUT2D eigenvalue weighted by atomic mass is 16.8. The van der Waals surface area contributed by atoms with E-state index in [9.17, 15) is 4.79 Å². The Morgan fingerprint density at radius 3 is 2.59 bits per heavy atom. The van der Waals surface area contributed by atoms with Crippen molar-refractivity contribution in [2.45, 2.75) is 6.54 Å². The van der Waals surface area contributed by atoms with Crippen LogP contribution in [0.15, 0.2) is 85.2 Å². The fourth-order valence-corrected chi connectivity index (χ4v) is 2.78. The van der Waals surface area contributed by atoms with Gasteiger partial charge < -0.3 is 14.0 Å². The van der Waals surface area contributed by atoms with Gasteiger partial charge in [-0.05, 0) is 36.4 Å². The van der Waals surface area contributed by atoms with Gasteiger partial charge in [0.2, 0.25) is 6.79 Å². The molecule has 0 aliphatic heterocycles. The quantitative estimate of drug-likeness (QED) is 0.209. The fraction of sp³-hybridized carbons (Fsp3) is 0.0909. The van der Waals surface area contributed by atoms with Gasteiger partial charge in [-0.2, -0.15) is 0 Å². The third-order valence-corrected chi connectivity index (χ3v) is 4.15. The van der Waals surface area contributed by atoms with Crippen LogP contribution in [0.2, 0.25) is 0 Å². The van der Waals surface area contributed by atoms with E-state index in [1.165, 1.54) is 0 Å². The molecule has 0 spiro atoms. The number of hydrogen-bond donors (Lipinski definition) is 1. The van der Waals surface area contributed by atoms with E-state index >= 15 is 0 Å². The first-order valence-electron chi connectivity index (χ1n) is 9.05. The highest BCUT2D eigenvalue weighted by Crippen LogP contribution is 2.28. The van der Waals surface area contributed by atoms with E-state index in [-0.39, 0.29) is 13.3 Å². The molecule has 4 aromatic rings. The van der Waals surface area contributed by atoms with Crippen molar-refractivity contribution in [2.75, 3.05) is 12.3 Å². The molecule has 7 nitrogen and oxygen atoms in total. The maximum Gasteiger partial charge on any atom is 0.328 e. The second kappa shape index (κ2) is 8.90. The van der Waals surface area contributed by atoms with Gasteiger partial charge in [0.05, 0.1) is 17.4 Å². The Bertz CT molecular complexity index is 1100. The van der Waals surface area contributed by atoms with Crippen molar-refractivity contribution in [1.29, 1.82) is 0 Å². The van der Waals surface area contributed by atoms with Gasteiger partial charge in [0.15, 0.2) is 5.75 Å². The Morgan fingerprint density at radius 1 is 0.931 bits per heavy atom. The number of para-hydroxylation sites is 5. The lowest BCUT2D eigenvalue weighted by Gasteiger charge is -2.13. The number of anilines is 1. The molecule has 146 valence electrons. The summed E-state index contributed by atoms with van der Waals surface area (Å²) >= 11 is 0. The smallest absolute Gasteiger partial charge is 0.328 e. The Morgan fingerprint density at radius 2 is 1.69 bits per heavy atom. The number of carbonyl (C=O) groups is 1. The minimum absolute atomic E-state index is 0.0532. The molecule has 1 aromatic heterocycles. The molecule has 0 fully saturated rings. The number of nitrogens with zero attached hydrogens (tertiary/aromatic N) is 2. The molecule has 0 radical (unpaired) electrons. The molecule has 0 amide bonds. The first kappa shape index (κ1) is 18.5. The lowest BCUT2D eigenvalue weighted by Crippen LogP contribution is -2.16. The number of esters is 1. The number of ether oxygens (including phenoxy) is 2. The third kappa shape index (κ3) is 4.72. The highest BCUT2D eigenvalue weighted by molar-refractivity contribution is 5.78. The molecule has 0 saturated heterocycles. The monoisotopic (exact) mass is 389 g/mol. The minimum atomic E-state index is -0.427. The summed E-state index contributed by atoms with van der Waals surface area (Å²) in [4.78, 5) is 21.6. The van der Waals surface area contributed by atoms with Gasteiger partial charge in [0.1, 0.15) is 18.0 Å². The van der Waals surface area contributed by atoms with Crippen LogP contribution in [0.1, 0.15) is 0 Å². The van der Waals surface area contributed by atoms with Crippen molar-refractivity contribution < 1.29 is 19.1 Å². The SMILES string of the molecule is O=C(Cn1cnc2ccccc21)OCONc1ccccc1Oc1ccccc1. The summed E-state index contributed by atoms with van der Waals surface area (Å²) in [6.07, 6.45) is 1.61. The summed E-state index contributed by atoms with van der Waals surface area (Å²) in [6.45, 7) is -0.192. The van der Waals surface area contributed by atoms with Crippen LogP contribution in [0.4, 0.5) is 5.69 Å². The first-order chi connectivity index (χ1) is 14.3. The van der Waals surface area contributed by atoms with E-state index in [0.717, 1.165) is 11.0 Å². The van der Waals surface area contributed by atoms with Crippen LogP contribution in [-0.2, 0) is 20.9 Å². The van der Waals surface area contributed by atoms with Crippen LogP contribution in [0.25, 0.3) is 11.0 Å². The second-order valence-corrected chi connectivity index (χ2v) is 6.15. The average molecular weight is 389 g/mol. The van der Waals surface area contributed by atoms with Crippen molar-refractivity contribution >= 4 is 22.7 Å². The van der Waals surface area contributed by atoms with Gasteiger partial charge in [-0.15, -0.1) is 0 Å². The van der Waals surface area contributed by atoms with Crippen LogP contribution in [0, 0.1) is 0 Å². The van der Waals surface area contributed by atoms with E-state index in [1.54, 1.807) is 17.0 Å². The zero-order valence-corrected chi connectivity index (χ0v) is 15.5. The number of imidazole rings is 1. The predicted molar refractivity (Wildman–Crippen MR) is 108 cm³/mol. The molecule has 1 N–H and O–H groups in total. The molecule has 3 aromatic carbocycles. The van der Waals surface area contributed by atoms with Crippen molar-refractivity contribution in [2.24, 2.45) is 0 Å². The van der Waals surface area contributed by atoms with Gasteiger partial charge in [-0.25, -0.2) is 9.82 Å². The summed E-state index contributed by atoms with van der Waals surface area (Å²) in [7, 11) is 0. The molecule has 0 aliphatic carbocycles. The van der Waals surface area contributed by atoms with E-state index < -0.39 is 5.97 Å². The summed E-state index contributed by atoms with van der Waals surface area (Å²) in [5.74, 6) is 0.874. The summed E-state index contributed by atoms with van der Waals surface area (Å²) in [5.41, 5.74) is 5.07. The number of hydrogen-bond acceptors (Lipinski definition) is 6. The van der Waals surface area contributed by atoms with Crippen molar-refractivity contribution in [1.82, 2.24) is 9.55 Å². The maximum absolute atomic E-state index is 12.1. The van der Waals surface area contributed by atoms with Crippen LogP contribution >= 0.6 is 0 Å². The topological polar surface area (TPSA) is 74.6 Å². The molecule has 1 heterocycles. The van der Waals surface area contributed by atoms with Gasteiger partial charge in [0.25, 0.3) is 0 Å². The predicted octanol–water partition coefficient (Wildman–Crippen LogP) is 4.37. The Labute approximate surface area is 167 Å². The number of aromatic nitrogens is 2.